The lowest BCUT2D eigenvalue weighted by molar-refractivity contribution is -0.384. The van der Waals surface area contributed by atoms with Crippen LogP contribution in [0.2, 0.25) is 0 Å². The minimum absolute atomic E-state index is 0.0511. The van der Waals surface area contributed by atoms with E-state index in [2.05, 4.69) is 5.32 Å². The van der Waals surface area contributed by atoms with Gasteiger partial charge in [0.1, 0.15) is 5.75 Å². The first-order valence-electron chi connectivity index (χ1n) is 6.74. The van der Waals surface area contributed by atoms with Crippen molar-refractivity contribution in [3.8, 4) is 5.75 Å². The number of phenolic OH excluding ortho intramolecular Hbond substituents is 1. The third-order valence-corrected chi connectivity index (χ3v) is 3.50. The second-order valence-electron chi connectivity index (χ2n) is 5.04. The number of aryl methyl sites for hydroxylation is 1. The molecule has 0 radical (unpaired) electrons. The molecule has 2 aromatic carbocycles. The predicted octanol–water partition coefficient (Wildman–Crippen LogP) is 3.46. The number of nitrogens with zero attached hydrogens (tertiary/aromatic N) is 1. The predicted molar refractivity (Wildman–Crippen MR) is 81.2 cm³/mol. The van der Waals surface area contributed by atoms with Gasteiger partial charge >= 0.3 is 0 Å². The summed E-state index contributed by atoms with van der Waals surface area (Å²) in [5, 5.41) is 24.0. The molecular weight excluding hydrogens is 268 g/mol. The third kappa shape index (κ3) is 3.58. The summed E-state index contributed by atoms with van der Waals surface area (Å²) >= 11 is 0. The fourth-order valence-electron chi connectivity index (χ4n) is 2.15. The molecule has 0 spiro atoms. The van der Waals surface area contributed by atoms with Crippen LogP contribution in [0.5, 0.6) is 5.75 Å². The molecule has 0 fully saturated rings. The van der Waals surface area contributed by atoms with Crippen molar-refractivity contribution in [2.75, 3.05) is 0 Å². The Morgan fingerprint density at radius 1 is 1.29 bits per heavy atom. The fraction of sp³-hybridized carbons (Fsp3) is 0.250. The highest BCUT2D eigenvalue weighted by molar-refractivity contribution is 5.39. The number of aromatic hydroxyl groups is 1. The zero-order chi connectivity index (χ0) is 15.4. The van der Waals surface area contributed by atoms with Crippen LogP contribution in [0.3, 0.4) is 0 Å². The van der Waals surface area contributed by atoms with Crippen LogP contribution in [0.4, 0.5) is 5.69 Å². The molecule has 1 atom stereocenters. The molecule has 0 aromatic heterocycles. The number of benzene rings is 2. The van der Waals surface area contributed by atoms with Gasteiger partial charge in [0.15, 0.2) is 0 Å². The standard InChI is InChI=1S/C16H18N2O3/c1-11-5-3-7-14(16(11)19)10-17-12(2)13-6-4-8-15(9-13)18(20)21/h3-9,12,17,19H,10H2,1-2H3. The van der Waals surface area contributed by atoms with E-state index in [0.717, 1.165) is 16.7 Å². The average molecular weight is 286 g/mol. The van der Waals surface area contributed by atoms with E-state index < -0.39 is 4.92 Å². The molecule has 0 aliphatic carbocycles. The zero-order valence-electron chi connectivity index (χ0n) is 12.0. The van der Waals surface area contributed by atoms with Crippen LogP contribution >= 0.6 is 0 Å². The molecule has 5 heteroatoms. The van der Waals surface area contributed by atoms with Gasteiger partial charge in [0.2, 0.25) is 0 Å². The summed E-state index contributed by atoms with van der Waals surface area (Å²) in [7, 11) is 0. The lowest BCUT2D eigenvalue weighted by Gasteiger charge is -2.15. The highest BCUT2D eigenvalue weighted by Crippen LogP contribution is 2.23. The summed E-state index contributed by atoms with van der Waals surface area (Å²) in [6.07, 6.45) is 0. The molecule has 0 aliphatic rings. The number of hydrogen-bond acceptors (Lipinski definition) is 4. The molecular formula is C16H18N2O3. The first-order valence-corrected chi connectivity index (χ1v) is 6.74. The van der Waals surface area contributed by atoms with Crippen LogP contribution in [-0.4, -0.2) is 10.0 Å². The zero-order valence-corrected chi connectivity index (χ0v) is 12.0. The lowest BCUT2D eigenvalue weighted by Crippen LogP contribution is -2.18. The maximum absolute atomic E-state index is 10.8. The Hall–Kier alpha value is -2.40. The highest BCUT2D eigenvalue weighted by atomic mass is 16.6. The summed E-state index contributed by atoms with van der Waals surface area (Å²) in [6, 6.07) is 12.1. The second-order valence-corrected chi connectivity index (χ2v) is 5.04. The van der Waals surface area contributed by atoms with Crippen molar-refractivity contribution in [1.82, 2.24) is 5.32 Å². The van der Waals surface area contributed by atoms with Gasteiger partial charge in [0, 0.05) is 30.3 Å². The summed E-state index contributed by atoms with van der Waals surface area (Å²) in [5.74, 6) is 0.288. The Labute approximate surface area is 123 Å². The van der Waals surface area contributed by atoms with E-state index in [9.17, 15) is 15.2 Å². The van der Waals surface area contributed by atoms with Gasteiger partial charge in [-0.2, -0.15) is 0 Å². The molecule has 0 heterocycles. The molecule has 0 saturated heterocycles. The Morgan fingerprint density at radius 2 is 2.00 bits per heavy atom. The minimum atomic E-state index is -0.400. The molecule has 0 aliphatic heterocycles. The van der Waals surface area contributed by atoms with Crippen molar-refractivity contribution >= 4 is 5.69 Å². The van der Waals surface area contributed by atoms with Crippen molar-refractivity contribution in [2.45, 2.75) is 26.4 Å². The summed E-state index contributed by atoms with van der Waals surface area (Å²) in [5.41, 5.74) is 2.57. The molecule has 0 amide bonds. The summed E-state index contributed by atoms with van der Waals surface area (Å²) in [4.78, 5) is 10.4. The maximum Gasteiger partial charge on any atom is 0.269 e. The van der Waals surface area contributed by atoms with E-state index >= 15 is 0 Å². The monoisotopic (exact) mass is 286 g/mol. The molecule has 110 valence electrons. The SMILES string of the molecule is Cc1cccc(CNC(C)c2cccc([N+](=O)[O-])c2)c1O. The largest absolute Gasteiger partial charge is 0.507 e. The Bertz CT molecular complexity index is 656. The van der Waals surface area contributed by atoms with Gasteiger partial charge < -0.3 is 10.4 Å². The molecule has 1 unspecified atom stereocenters. The van der Waals surface area contributed by atoms with Crippen LogP contribution in [-0.2, 0) is 6.54 Å². The van der Waals surface area contributed by atoms with Gasteiger partial charge in [-0.3, -0.25) is 10.1 Å². The molecule has 21 heavy (non-hydrogen) atoms. The smallest absolute Gasteiger partial charge is 0.269 e. The second kappa shape index (κ2) is 6.37. The van der Waals surface area contributed by atoms with E-state index in [1.165, 1.54) is 6.07 Å². The van der Waals surface area contributed by atoms with Crippen LogP contribution in [0, 0.1) is 17.0 Å². The number of non-ortho nitro benzene ring substituents is 1. The van der Waals surface area contributed by atoms with Crippen LogP contribution in [0.15, 0.2) is 42.5 Å². The van der Waals surface area contributed by atoms with Gasteiger partial charge in [-0.15, -0.1) is 0 Å². The first-order chi connectivity index (χ1) is 9.99. The third-order valence-electron chi connectivity index (χ3n) is 3.50. The van der Waals surface area contributed by atoms with Crippen LogP contribution < -0.4 is 5.32 Å². The molecule has 0 saturated carbocycles. The van der Waals surface area contributed by atoms with Crippen molar-refractivity contribution < 1.29 is 10.0 Å². The van der Waals surface area contributed by atoms with E-state index in [1.807, 2.05) is 38.1 Å². The number of nitro benzene ring substituents is 1. The van der Waals surface area contributed by atoms with Crippen LogP contribution in [0.25, 0.3) is 0 Å². The number of para-hydroxylation sites is 1. The molecule has 2 N–H and O–H groups in total. The van der Waals surface area contributed by atoms with E-state index in [1.54, 1.807) is 12.1 Å². The molecule has 5 nitrogen and oxygen atoms in total. The topological polar surface area (TPSA) is 75.4 Å². The van der Waals surface area contributed by atoms with Gasteiger partial charge in [-0.05, 0) is 25.0 Å². The Balaban J connectivity index is 2.08. The molecule has 2 aromatic rings. The number of nitrogens with one attached hydrogen (secondary N) is 1. The van der Waals surface area contributed by atoms with Crippen molar-refractivity contribution in [3.63, 3.8) is 0 Å². The van der Waals surface area contributed by atoms with Crippen molar-refractivity contribution in [3.05, 3.63) is 69.3 Å². The van der Waals surface area contributed by atoms with Crippen molar-refractivity contribution in [2.24, 2.45) is 0 Å². The van der Waals surface area contributed by atoms with Crippen LogP contribution in [0.1, 0.15) is 29.7 Å². The maximum atomic E-state index is 10.8. The quantitative estimate of drug-likeness (QED) is 0.652. The average Bonchev–Trinajstić information content (AvgIpc) is 2.48. The normalized spacial score (nSPS) is 12.1. The van der Waals surface area contributed by atoms with Gasteiger partial charge in [-0.25, -0.2) is 0 Å². The summed E-state index contributed by atoms with van der Waals surface area (Å²) in [6.45, 7) is 4.28. The number of phenols is 1. The number of rotatable bonds is 5. The van der Waals surface area contributed by atoms with E-state index in [-0.39, 0.29) is 17.5 Å². The molecule has 0 bridgehead atoms. The van der Waals surface area contributed by atoms with E-state index in [4.69, 9.17) is 0 Å². The van der Waals surface area contributed by atoms with Gasteiger partial charge in [0.05, 0.1) is 4.92 Å². The van der Waals surface area contributed by atoms with Gasteiger partial charge in [-0.1, -0.05) is 30.3 Å². The van der Waals surface area contributed by atoms with Gasteiger partial charge in [0.25, 0.3) is 5.69 Å². The highest BCUT2D eigenvalue weighted by Gasteiger charge is 2.11. The lowest BCUT2D eigenvalue weighted by atomic mass is 10.1. The number of hydrogen-bond donors (Lipinski definition) is 2. The first kappa shape index (κ1) is 15.0. The molecule has 2 rings (SSSR count). The summed E-state index contributed by atoms with van der Waals surface area (Å²) < 4.78 is 0. The van der Waals surface area contributed by atoms with Crippen molar-refractivity contribution in [1.29, 1.82) is 0 Å². The van der Waals surface area contributed by atoms with E-state index in [0.29, 0.717) is 6.54 Å². The fourth-order valence-corrected chi connectivity index (χ4v) is 2.15. The number of nitro groups is 1. The minimum Gasteiger partial charge on any atom is -0.507 e. The Morgan fingerprint density at radius 3 is 2.71 bits per heavy atom. The Kier molecular flexibility index (Phi) is 4.55.